The molecule has 0 saturated carbocycles. The summed E-state index contributed by atoms with van der Waals surface area (Å²) in [6.45, 7) is 11.5. The minimum absolute atomic E-state index is 0.0412. The van der Waals surface area contributed by atoms with Gasteiger partial charge in [0.2, 0.25) is 11.8 Å². The first-order valence-electron chi connectivity index (χ1n) is 23.5. The van der Waals surface area contributed by atoms with Gasteiger partial charge in [0, 0.05) is 46.2 Å². The number of amides is 4. The zero-order valence-electron chi connectivity index (χ0n) is 39.7. The Bertz CT molecular complexity index is 2690. The van der Waals surface area contributed by atoms with Crippen molar-refractivity contribution < 1.29 is 42.5 Å². The van der Waals surface area contributed by atoms with Crippen LogP contribution in [0.4, 0.5) is 8.78 Å². The number of carbonyl (C=O) groups is 4. The summed E-state index contributed by atoms with van der Waals surface area (Å²) in [7, 11) is 0. The smallest absolute Gasteiger partial charge is 0.251 e. The van der Waals surface area contributed by atoms with Crippen LogP contribution in [0.25, 0.3) is 0 Å². The highest BCUT2D eigenvalue weighted by Crippen LogP contribution is 2.44. The van der Waals surface area contributed by atoms with E-state index >= 15 is 8.78 Å². The van der Waals surface area contributed by atoms with Gasteiger partial charge >= 0.3 is 0 Å². The van der Waals surface area contributed by atoms with Gasteiger partial charge in [0.05, 0.1) is 44.6 Å². The zero-order chi connectivity index (χ0) is 49.6. The number of guanidine groups is 2. The quantitative estimate of drug-likeness (QED) is 0.0740. The van der Waals surface area contributed by atoms with Crippen LogP contribution in [0.3, 0.4) is 0 Å². The number of halogens is 2. The van der Waals surface area contributed by atoms with Gasteiger partial charge in [-0.25, -0.2) is 8.78 Å². The lowest BCUT2D eigenvalue weighted by atomic mass is 9.80. The summed E-state index contributed by atoms with van der Waals surface area (Å²) in [5, 5.41) is 41.6. The van der Waals surface area contributed by atoms with E-state index in [2.05, 4.69) is 21.3 Å². The Balaban J connectivity index is 0.983. The Morgan fingerprint density at radius 3 is 1.99 bits per heavy atom. The van der Waals surface area contributed by atoms with E-state index in [1.54, 1.807) is 37.3 Å². The van der Waals surface area contributed by atoms with Gasteiger partial charge in [-0.3, -0.25) is 39.8 Å². The highest BCUT2D eigenvalue weighted by atomic mass is 19.1. The fourth-order valence-electron chi connectivity index (χ4n) is 9.84. The molecule has 1 unspecified atom stereocenters. The summed E-state index contributed by atoms with van der Waals surface area (Å²) in [6, 6.07) is 18.5. The Morgan fingerprint density at radius 1 is 0.812 bits per heavy atom. The predicted octanol–water partition coefficient (Wildman–Crippen LogP) is 6.93. The topological polar surface area (TPSA) is 209 Å². The number of hydrogen-bond donors (Lipinski definition) is 7. The average molecular weight is 947 g/mol. The molecule has 5 atom stereocenters. The van der Waals surface area contributed by atoms with Crippen LogP contribution in [0.1, 0.15) is 134 Å². The summed E-state index contributed by atoms with van der Waals surface area (Å²) >= 11 is 0. The number of para-hydroxylation sites is 2. The van der Waals surface area contributed by atoms with Crippen molar-refractivity contribution in [2.75, 3.05) is 6.61 Å². The minimum atomic E-state index is -1.37. The summed E-state index contributed by atoms with van der Waals surface area (Å²) in [5.74, 6) is -2.36. The molecule has 0 radical (unpaired) electrons. The van der Waals surface area contributed by atoms with Crippen LogP contribution in [0.15, 0.2) is 78.9 Å². The lowest BCUT2D eigenvalue weighted by Crippen LogP contribution is -2.62. The van der Waals surface area contributed by atoms with Crippen LogP contribution in [-0.2, 0) is 29.1 Å². The van der Waals surface area contributed by atoms with Crippen LogP contribution in [0.2, 0.25) is 0 Å². The molecule has 4 heterocycles. The molecular formula is C52H60F2N8O7. The fourth-order valence-corrected chi connectivity index (χ4v) is 9.84. The van der Waals surface area contributed by atoms with E-state index in [0.717, 1.165) is 12.1 Å². The largest absolute Gasteiger partial charge is 0.493 e. The van der Waals surface area contributed by atoms with Crippen molar-refractivity contribution in [1.82, 2.24) is 31.1 Å². The molecule has 2 saturated heterocycles. The van der Waals surface area contributed by atoms with Crippen molar-refractivity contribution in [2.45, 2.75) is 128 Å². The van der Waals surface area contributed by atoms with Crippen molar-refractivity contribution in [1.29, 1.82) is 10.8 Å². The number of fused-ring (bicyclic) bond motifs is 2. The lowest BCUT2D eigenvalue weighted by molar-refractivity contribution is -0.132. The molecule has 15 nitrogen and oxygen atoms in total. The fraction of sp³-hybridized carbons (Fsp3) is 0.423. The normalized spacial score (nSPS) is 24.1. The third kappa shape index (κ3) is 9.74. The molecule has 4 aliphatic rings. The molecule has 17 heteroatoms. The first kappa shape index (κ1) is 48.6. The standard InChI is InChI=1S/C52H60F2N8O7/c1-7-52(8-2)26-42(64)62(49(56)60-52)28-31-19-34(23-36(54)21-31)47(67)58-43-38-13-9-10-15-40(38)69-51(6,45(43)65)24-32-12-11-14-37-39(16-17-68-44(32)37)57-46(66)33-18-30(20-35(53)22-33)27-61-41(63)25-50(5,29(3)4)59-48(61)55/h9-15,18-23,29,39,43,45,65H,7-8,16-17,24-28H2,1-6H3,(H2,55,59)(H2,56,60)(H,57,66)(H,58,67)/t39-,43+,45-,50-,51?/m0/s1. The first-order chi connectivity index (χ1) is 32.7. The number of nitrogens with one attached hydrogen (secondary N) is 6. The molecule has 2 fully saturated rings. The zero-order valence-corrected chi connectivity index (χ0v) is 39.7. The van der Waals surface area contributed by atoms with Crippen LogP contribution < -0.4 is 30.7 Å². The van der Waals surface area contributed by atoms with Crippen molar-refractivity contribution in [3.05, 3.63) is 129 Å². The molecule has 8 rings (SSSR count). The van der Waals surface area contributed by atoms with E-state index in [1.807, 2.05) is 46.8 Å². The SMILES string of the molecule is CCC1(CC)CC(=O)N(Cc2cc(F)cc(C(=O)N[C@@H]3c4ccccc4OC(C)(Cc4cccc5c4OCC[C@@H]5NC(=O)c4cc(F)cc(CN5C(=N)N[C@](C)(C(C)C)CC5=O)c4)[C@H]3O)c2)C(=N)N1. The number of rotatable bonds is 13. The Hall–Kier alpha value is -6.88. The summed E-state index contributed by atoms with van der Waals surface area (Å²) in [5.41, 5.74) is -0.0213. The number of ether oxygens (including phenoxy) is 2. The lowest BCUT2D eigenvalue weighted by Gasteiger charge is -2.45. The second-order valence-electron chi connectivity index (χ2n) is 19.5. The van der Waals surface area contributed by atoms with Gasteiger partial charge in [-0.15, -0.1) is 0 Å². The molecule has 7 N–H and O–H groups in total. The maximum absolute atomic E-state index is 15.2. The van der Waals surface area contributed by atoms with Gasteiger partial charge in [-0.1, -0.05) is 64.1 Å². The van der Waals surface area contributed by atoms with Crippen molar-refractivity contribution >= 4 is 35.5 Å². The molecule has 69 heavy (non-hydrogen) atoms. The Labute approximate surface area is 400 Å². The average Bonchev–Trinajstić information content (AvgIpc) is 3.30. The Morgan fingerprint density at radius 2 is 1.39 bits per heavy atom. The number of hydrogen-bond acceptors (Lipinski definition) is 9. The molecule has 0 aromatic heterocycles. The number of aliphatic hydroxyl groups is 1. The maximum Gasteiger partial charge on any atom is 0.251 e. The molecule has 4 aliphatic heterocycles. The molecule has 4 aromatic carbocycles. The van der Waals surface area contributed by atoms with Crippen molar-refractivity contribution in [3.8, 4) is 11.5 Å². The second kappa shape index (κ2) is 18.9. The van der Waals surface area contributed by atoms with Gasteiger partial charge in [0.15, 0.2) is 11.9 Å². The number of nitrogens with zero attached hydrogens (tertiary/aromatic N) is 2. The summed E-state index contributed by atoms with van der Waals surface area (Å²) < 4.78 is 43.1. The monoisotopic (exact) mass is 946 g/mol. The molecule has 0 bridgehead atoms. The number of carbonyl (C=O) groups excluding carboxylic acids is 4. The van der Waals surface area contributed by atoms with E-state index < -0.39 is 58.3 Å². The molecular weight excluding hydrogens is 887 g/mol. The molecule has 0 aliphatic carbocycles. The molecule has 4 aromatic rings. The number of benzene rings is 4. The maximum atomic E-state index is 15.2. The van der Waals surface area contributed by atoms with Crippen molar-refractivity contribution in [2.24, 2.45) is 5.92 Å². The van der Waals surface area contributed by atoms with Crippen LogP contribution in [-0.4, -0.2) is 79.8 Å². The number of aliphatic hydroxyl groups excluding tert-OH is 1. The van der Waals surface area contributed by atoms with Gasteiger partial charge in [-0.05, 0) is 91.8 Å². The van der Waals surface area contributed by atoms with E-state index in [9.17, 15) is 24.3 Å². The van der Waals surface area contributed by atoms with Crippen molar-refractivity contribution in [3.63, 3.8) is 0 Å². The van der Waals surface area contributed by atoms with E-state index in [1.165, 1.54) is 34.1 Å². The Kier molecular flexibility index (Phi) is 13.3. The summed E-state index contributed by atoms with van der Waals surface area (Å²) in [6.07, 6.45) is 0.766. The van der Waals surface area contributed by atoms with Gasteiger partial charge in [0.25, 0.3) is 11.8 Å². The highest BCUT2D eigenvalue weighted by Gasteiger charge is 2.48. The third-order valence-electron chi connectivity index (χ3n) is 14.5. The minimum Gasteiger partial charge on any atom is -0.493 e. The van der Waals surface area contributed by atoms with Gasteiger partial charge in [-0.2, -0.15) is 0 Å². The van der Waals surface area contributed by atoms with Gasteiger partial charge < -0.3 is 35.8 Å². The van der Waals surface area contributed by atoms with Gasteiger partial charge in [0.1, 0.15) is 34.8 Å². The molecule has 4 amide bonds. The van der Waals surface area contributed by atoms with Crippen LogP contribution in [0, 0.1) is 28.4 Å². The van der Waals surface area contributed by atoms with E-state index in [4.69, 9.17) is 20.3 Å². The molecule has 364 valence electrons. The van der Waals surface area contributed by atoms with E-state index in [0.29, 0.717) is 58.6 Å². The predicted molar refractivity (Wildman–Crippen MR) is 254 cm³/mol. The van der Waals surface area contributed by atoms with E-state index in [-0.39, 0.29) is 79.7 Å². The van der Waals surface area contributed by atoms with Crippen LogP contribution >= 0.6 is 0 Å². The molecule has 0 spiro atoms. The first-order valence-corrected chi connectivity index (χ1v) is 23.5. The highest BCUT2D eigenvalue weighted by molar-refractivity contribution is 6.00. The second-order valence-corrected chi connectivity index (χ2v) is 19.5. The third-order valence-corrected chi connectivity index (χ3v) is 14.5. The van der Waals surface area contributed by atoms with Crippen LogP contribution in [0.5, 0.6) is 11.5 Å². The summed E-state index contributed by atoms with van der Waals surface area (Å²) in [4.78, 5) is 56.8.